The summed E-state index contributed by atoms with van der Waals surface area (Å²) >= 11 is 0. The van der Waals surface area contributed by atoms with Gasteiger partial charge in [0.25, 0.3) is 0 Å². The van der Waals surface area contributed by atoms with Crippen LogP contribution in [0.25, 0.3) is 0 Å². The molecule has 0 radical (unpaired) electrons. The Bertz CT molecular complexity index is 617. The number of rotatable bonds is 2. The Labute approximate surface area is 111 Å². The zero-order valence-electron chi connectivity index (χ0n) is 10.2. The van der Waals surface area contributed by atoms with E-state index in [9.17, 15) is 13.2 Å². The monoisotopic (exact) mass is 279 g/mol. The molecule has 1 unspecified atom stereocenters. The summed E-state index contributed by atoms with van der Waals surface area (Å²) in [4.78, 5) is 15.8. The van der Waals surface area contributed by atoms with E-state index in [1.165, 1.54) is 18.3 Å². The minimum Gasteiger partial charge on any atom is -0.310 e. The molecule has 1 amide bonds. The van der Waals surface area contributed by atoms with Crippen LogP contribution in [-0.4, -0.2) is 30.3 Å². The van der Waals surface area contributed by atoms with Gasteiger partial charge < -0.3 is 5.32 Å². The normalized spacial score (nSPS) is 21.3. The molecule has 1 atom stereocenters. The first-order valence-corrected chi connectivity index (χ1v) is 7.63. The summed E-state index contributed by atoms with van der Waals surface area (Å²) in [5, 5.41) is 10.1. The van der Waals surface area contributed by atoms with Gasteiger partial charge in [0.2, 0.25) is 5.91 Å². The van der Waals surface area contributed by atoms with E-state index in [1.807, 2.05) is 6.07 Å². The Morgan fingerprint density at radius 2 is 2.21 bits per heavy atom. The zero-order chi connectivity index (χ0) is 13.9. The Morgan fingerprint density at radius 1 is 1.42 bits per heavy atom. The third kappa shape index (κ3) is 3.09. The molecule has 2 heterocycles. The van der Waals surface area contributed by atoms with Crippen LogP contribution < -0.4 is 5.32 Å². The molecule has 0 bridgehead atoms. The summed E-state index contributed by atoms with van der Waals surface area (Å²) in [6, 6.07) is 4.90. The number of hydrogen-bond donors (Lipinski definition) is 1. The number of carbonyl (C=O) groups excluding carboxylic acids is 1. The topological polar surface area (TPSA) is 99.9 Å². The second-order valence-electron chi connectivity index (χ2n) is 4.38. The van der Waals surface area contributed by atoms with Crippen LogP contribution in [0.3, 0.4) is 0 Å². The lowest BCUT2D eigenvalue weighted by atomic mass is 10.2. The maximum Gasteiger partial charge on any atom is 0.243 e. The van der Waals surface area contributed by atoms with Crippen molar-refractivity contribution in [1.82, 2.24) is 4.98 Å². The fraction of sp³-hybridized carbons (Fsp3) is 0.417. The highest BCUT2D eigenvalue weighted by molar-refractivity contribution is 7.92. The third-order valence-corrected chi connectivity index (χ3v) is 5.19. The molecule has 1 aromatic heterocycles. The molecular weight excluding hydrogens is 266 g/mol. The Morgan fingerprint density at radius 3 is 2.79 bits per heavy atom. The van der Waals surface area contributed by atoms with Crippen molar-refractivity contribution in [3.63, 3.8) is 0 Å². The van der Waals surface area contributed by atoms with E-state index in [4.69, 9.17) is 5.26 Å². The van der Waals surface area contributed by atoms with Gasteiger partial charge in [0, 0.05) is 6.20 Å². The van der Waals surface area contributed by atoms with Crippen molar-refractivity contribution in [2.24, 2.45) is 0 Å². The first-order chi connectivity index (χ1) is 9.03. The molecule has 100 valence electrons. The lowest BCUT2D eigenvalue weighted by Gasteiger charge is -2.21. The number of nitriles is 1. The molecule has 0 saturated carbocycles. The van der Waals surface area contributed by atoms with Crippen LogP contribution in [0, 0.1) is 11.3 Å². The van der Waals surface area contributed by atoms with Crippen LogP contribution in [0.5, 0.6) is 0 Å². The number of nitrogens with one attached hydrogen (secondary N) is 1. The molecule has 1 aliphatic rings. The van der Waals surface area contributed by atoms with Gasteiger partial charge in [0.05, 0.1) is 11.3 Å². The van der Waals surface area contributed by atoms with Gasteiger partial charge in [-0.1, -0.05) is 6.42 Å². The highest BCUT2D eigenvalue weighted by Gasteiger charge is 2.34. The minimum atomic E-state index is -3.35. The van der Waals surface area contributed by atoms with Gasteiger partial charge in [-0.3, -0.25) is 4.79 Å². The number of aromatic nitrogens is 1. The summed E-state index contributed by atoms with van der Waals surface area (Å²) < 4.78 is 23.6. The molecule has 2 rings (SSSR count). The number of anilines is 1. The third-order valence-electron chi connectivity index (χ3n) is 3.01. The lowest BCUT2D eigenvalue weighted by Crippen LogP contribution is -2.39. The summed E-state index contributed by atoms with van der Waals surface area (Å²) in [7, 11) is -3.35. The smallest absolute Gasteiger partial charge is 0.243 e. The van der Waals surface area contributed by atoms with Crippen LogP contribution in [0.15, 0.2) is 18.3 Å². The molecule has 0 spiro atoms. The Hall–Kier alpha value is -1.94. The summed E-state index contributed by atoms with van der Waals surface area (Å²) in [5.74, 6) is -0.229. The lowest BCUT2D eigenvalue weighted by molar-refractivity contribution is -0.116. The molecular formula is C12H13N3O3S. The van der Waals surface area contributed by atoms with Crippen molar-refractivity contribution < 1.29 is 13.2 Å². The van der Waals surface area contributed by atoms with E-state index in [1.54, 1.807) is 0 Å². The predicted octanol–water partition coefficient (Wildman–Crippen LogP) is 0.859. The average Bonchev–Trinajstić information content (AvgIpc) is 2.39. The van der Waals surface area contributed by atoms with Gasteiger partial charge in [0.15, 0.2) is 9.84 Å². The summed E-state index contributed by atoms with van der Waals surface area (Å²) in [6.07, 6.45) is 3.02. The van der Waals surface area contributed by atoms with Gasteiger partial charge >= 0.3 is 0 Å². The molecule has 1 aliphatic heterocycles. The largest absolute Gasteiger partial charge is 0.310 e. The van der Waals surface area contributed by atoms with Crippen LogP contribution in [0.4, 0.5) is 5.82 Å². The maximum atomic E-state index is 11.9. The van der Waals surface area contributed by atoms with E-state index in [0.717, 1.165) is 6.42 Å². The fourth-order valence-corrected chi connectivity index (χ4v) is 3.79. The van der Waals surface area contributed by atoms with Crippen LogP contribution in [0.1, 0.15) is 24.8 Å². The molecule has 7 heteroatoms. The second kappa shape index (κ2) is 5.36. The van der Waals surface area contributed by atoms with Gasteiger partial charge in [0.1, 0.15) is 17.1 Å². The minimum absolute atomic E-state index is 0.0614. The van der Waals surface area contributed by atoms with Crippen LogP contribution in [0.2, 0.25) is 0 Å². The van der Waals surface area contributed by atoms with Crippen molar-refractivity contribution in [2.45, 2.75) is 24.5 Å². The number of pyridine rings is 1. The van der Waals surface area contributed by atoms with Crippen LogP contribution in [-0.2, 0) is 14.6 Å². The zero-order valence-corrected chi connectivity index (χ0v) is 11.0. The summed E-state index contributed by atoms with van der Waals surface area (Å²) in [6.45, 7) is 0. The predicted molar refractivity (Wildman–Crippen MR) is 69.0 cm³/mol. The van der Waals surface area contributed by atoms with E-state index in [2.05, 4.69) is 10.3 Å². The Kier molecular flexibility index (Phi) is 3.81. The van der Waals surface area contributed by atoms with E-state index in [0.29, 0.717) is 18.4 Å². The van der Waals surface area contributed by atoms with Crippen LogP contribution >= 0.6 is 0 Å². The van der Waals surface area contributed by atoms with E-state index >= 15 is 0 Å². The van der Waals surface area contributed by atoms with E-state index in [-0.39, 0.29) is 11.6 Å². The molecule has 0 aliphatic carbocycles. The van der Waals surface area contributed by atoms with E-state index < -0.39 is 21.0 Å². The molecule has 1 saturated heterocycles. The van der Waals surface area contributed by atoms with Gasteiger partial charge in [-0.05, 0) is 25.0 Å². The molecule has 0 aromatic carbocycles. The highest BCUT2D eigenvalue weighted by Crippen LogP contribution is 2.20. The van der Waals surface area contributed by atoms with Crippen molar-refractivity contribution in [3.8, 4) is 6.07 Å². The molecule has 19 heavy (non-hydrogen) atoms. The number of nitrogens with zero attached hydrogens (tertiary/aromatic N) is 2. The van der Waals surface area contributed by atoms with Crippen molar-refractivity contribution in [1.29, 1.82) is 5.26 Å². The van der Waals surface area contributed by atoms with Crippen molar-refractivity contribution >= 4 is 21.6 Å². The fourth-order valence-electron chi connectivity index (χ4n) is 1.99. The van der Waals surface area contributed by atoms with Crippen molar-refractivity contribution in [2.75, 3.05) is 11.1 Å². The van der Waals surface area contributed by atoms with Gasteiger partial charge in [-0.2, -0.15) is 5.26 Å². The number of hydrogen-bond acceptors (Lipinski definition) is 5. The second-order valence-corrected chi connectivity index (χ2v) is 6.69. The maximum absolute atomic E-state index is 11.9. The molecule has 6 nitrogen and oxygen atoms in total. The average molecular weight is 279 g/mol. The van der Waals surface area contributed by atoms with Gasteiger partial charge in [-0.25, -0.2) is 13.4 Å². The summed E-state index contributed by atoms with van der Waals surface area (Å²) in [5.41, 5.74) is 0.378. The molecule has 1 fully saturated rings. The standard InChI is InChI=1S/C12H13N3O3S/c13-7-9-4-5-11(14-8-9)15-12(16)10-3-1-2-6-19(10,17)18/h4-5,8,10H,1-3,6H2,(H,14,15,16). The first kappa shape index (κ1) is 13.5. The Balaban J connectivity index is 2.10. The van der Waals surface area contributed by atoms with Gasteiger partial charge in [-0.15, -0.1) is 0 Å². The highest BCUT2D eigenvalue weighted by atomic mass is 32.2. The van der Waals surface area contributed by atoms with Crippen molar-refractivity contribution in [3.05, 3.63) is 23.9 Å². The molecule has 1 aromatic rings. The molecule has 1 N–H and O–H groups in total. The number of carbonyl (C=O) groups is 1. The first-order valence-electron chi connectivity index (χ1n) is 5.91. The number of sulfone groups is 1. The number of amides is 1. The SMILES string of the molecule is N#Cc1ccc(NC(=O)C2CCCCS2(=O)=O)nc1. The quantitative estimate of drug-likeness (QED) is 0.865.